The average Bonchev–Trinajstić information content (AvgIpc) is 3.64. The molecule has 13 heteroatoms. The number of carbonyl (C=O) groups excluding carboxylic acids is 1. The van der Waals surface area contributed by atoms with Crippen molar-refractivity contribution < 1.29 is 13.2 Å². The highest BCUT2D eigenvalue weighted by atomic mass is 79.9. The summed E-state index contributed by atoms with van der Waals surface area (Å²) in [7, 11) is 0.457. The lowest BCUT2D eigenvalue weighted by atomic mass is 9.98. The van der Waals surface area contributed by atoms with Gasteiger partial charge in [0, 0.05) is 48.0 Å². The molecule has 4 aromatic rings. The van der Waals surface area contributed by atoms with Gasteiger partial charge in [0.1, 0.15) is 17.4 Å². The van der Waals surface area contributed by atoms with Crippen LogP contribution >= 0.6 is 15.9 Å². The summed E-state index contributed by atoms with van der Waals surface area (Å²) in [5.74, 6) is 0.373. The van der Waals surface area contributed by atoms with Crippen LogP contribution in [0, 0.1) is 20.8 Å². The Hall–Kier alpha value is -3.26. The molecule has 4 N–H and O–H groups in total. The van der Waals surface area contributed by atoms with Gasteiger partial charge < -0.3 is 20.6 Å². The quantitative estimate of drug-likeness (QED) is 0.247. The molecule has 0 radical (unpaired) electrons. The minimum atomic E-state index is -3.23. The Labute approximate surface area is 254 Å². The van der Waals surface area contributed by atoms with Gasteiger partial charge in [-0.1, -0.05) is 12.1 Å². The lowest BCUT2D eigenvalue weighted by Gasteiger charge is -2.25. The number of hydrogen-bond donors (Lipinski definition) is 3. The summed E-state index contributed by atoms with van der Waals surface area (Å²) in [5.41, 5.74) is 13.6. The number of primary amides is 1. The van der Waals surface area contributed by atoms with E-state index in [9.17, 15) is 13.2 Å². The molecule has 0 saturated carbocycles. The van der Waals surface area contributed by atoms with Crippen molar-refractivity contribution in [1.82, 2.24) is 28.7 Å². The summed E-state index contributed by atoms with van der Waals surface area (Å²) in [6.07, 6.45) is 2.42. The molecule has 0 spiro atoms. The van der Waals surface area contributed by atoms with E-state index in [0.29, 0.717) is 31.0 Å². The Morgan fingerprint density at radius 1 is 1.29 bits per heavy atom. The number of nitrogens with two attached hydrogens (primary N) is 1. The Kier molecular flexibility index (Phi) is 8.23. The number of sulfonamides is 1. The number of nitrogens with one attached hydrogen (secondary N) is 2. The molecule has 42 heavy (non-hydrogen) atoms. The predicted octanol–water partition coefficient (Wildman–Crippen LogP) is 4.03. The van der Waals surface area contributed by atoms with Crippen molar-refractivity contribution in [2.75, 3.05) is 38.3 Å². The van der Waals surface area contributed by atoms with Crippen LogP contribution in [0.2, 0.25) is 0 Å². The van der Waals surface area contributed by atoms with E-state index in [0.717, 1.165) is 49.4 Å². The van der Waals surface area contributed by atoms with Crippen LogP contribution in [0.3, 0.4) is 0 Å². The maximum Gasteiger partial charge on any atom is 0.239 e. The van der Waals surface area contributed by atoms with Crippen LogP contribution in [0.25, 0.3) is 28.2 Å². The molecule has 224 valence electrons. The third-order valence-corrected chi connectivity index (χ3v) is 10.5. The number of halogens is 1. The van der Waals surface area contributed by atoms with E-state index >= 15 is 0 Å². The maximum atomic E-state index is 12.4. The third kappa shape index (κ3) is 5.34. The number of H-pyrrole nitrogens is 1. The summed E-state index contributed by atoms with van der Waals surface area (Å²) in [5, 5.41) is 3.53. The molecule has 4 heterocycles. The van der Waals surface area contributed by atoms with Gasteiger partial charge in [-0.2, -0.15) is 4.31 Å². The number of amides is 1. The van der Waals surface area contributed by atoms with Gasteiger partial charge >= 0.3 is 0 Å². The number of imidazole rings is 1. The number of benzene rings is 1. The number of fused-ring (bicyclic) bond motifs is 1. The molecule has 11 nitrogen and oxygen atoms in total. The summed E-state index contributed by atoms with van der Waals surface area (Å²) in [6.45, 7) is 8.68. The van der Waals surface area contributed by atoms with Crippen molar-refractivity contribution in [3.8, 4) is 17.1 Å². The molecule has 1 fully saturated rings. The summed E-state index contributed by atoms with van der Waals surface area (Å²) in [6, 6.07) is 7.45. The van der Waals surface area contributed by atoms with Crippen LogP contribution in [0.4, 0.5) is 5.69 Å². The van der Waals surface area contributed by atoms with Crippen LogP contribution in [0.15, 0.2) is 34.9 Å². The predicted molar refractivity (Wildman–Crippen MR) is 169 cm³/mol. The van der Waals surface area contributed by atoms with Crippen molar-refractivity contribution >= 4 is 48.7 Å². The molecule has 0 bridgehead atoms. The number of aryl methyl sites for hydroxylation is 1. The van der Waals surface area contributed by atoms with Gasteiger partial charge in [0.05, 0.1) is 15.9 Å². The fraction of sp³-hybridized carbons (Fsp3) is 0.414. The van der Waals surface area contributed by atoms with Crippen molar-refractivity contribution in [2.45, 2.75) is 46.2 Å². The van der Waals surface area contributed by atoms with Gasteiger partial charge in [-0.05, 0) is 87.4 Å². The van der Waals surface area contributed by atoms with Gasteiger partial charge in [-0.15, -0.1) is 0 Å². The molecule has 1 saturated heterocycles. The number of hydrogen-bond acceptors (Lipinski definition) is 7. The highest BCUT2D eigenvalue weighted by Crippen LogP contribution is 2.36. The van der Waals surface area contributed by atoms with E-state index in [2.05, 4.69) is 41.8 Å². The van der Waals surface area contributed by atoms with E-state index in [1.165, 1.54) is 0 Å². The number of carbonyl (C=O) groups is 1. The van der Waals surface area contributed by atoms with Gasteiger partial charge in [0.25, 0.3) is 0 Å². The Balaban J connectivity index is 1.52. The summed E-state index contributed by atoms with van der Waals surface area (Å²) >= 11 is 3.62. The molecule has 1 aliphatic rings. The molecule has 3 aromatic heterocycles. The van der Waals surface area contributed by atoms with E-state index in [4.69, 9.17) is 10.7 Å². The first-order valence-corrected chi connectivity index (χ1v) is 16.3. The van der Waals surface area contributed by atoms with E-state index in [1.54, 1.807) is 17.4 Å². The van der Waals surface area contributed by atoms with Gasteiger partial charge in [0.15, 0.2) is 5.65 Å². The fourth-order valence-corrected chi connectivity index (χ4v) is 7.50. The second kappa shape index (κ2) is 11.4. The molecule has 1 amide bonds. The van der Waals surface area contributed by atoms with Crippen LogP contribution in [0.5, 0.6) is 0 Å². The minimum absolute atomic E-state index is 0.0355. The number of likely N-dealkylation sites (N-methyl/N-ethyl adjacent to an activating group) is 1. The minimum Gasteiger partial charge on any atom is -0.378 e. The first-order chi connectivity index (χ1) is 19.8. The van der Waals surface area contributed by atoms with Crippen LogP contribution in [-0.4, -0.2) is 82.0 Å². The van der Waals surface area contributed by atoms with E-state index in [1.807, 2.05) is 58.0 Å². The van der Waals surface area contributed by atoms with E-state index in [-0.39, 0.29) is 11.8 Å². The smallest absolute Gasteiger partial charge is 0.239 e. The number of aromatic amines is 1. The largest absolute Gasteiger partial charge is 0.378 e. The zero-order valence-corrected chi connectivity index (χ0v) is 27.1. The second-order valence-corrected chi connectivity index (χ2v) is 14.1. The topological polar surface area (TPSA) is 142 Å². The second-order valence-electron chi connectivity index (χ2n) is 11.0. The van der Waals surface area contributed by atoms with Crippen LogP contribution in [-0.2, 0) is 14.8 Å². The molecule has 1 unspecified atom stereocenters. The Bertz CT molecular complexity index is 1780. The number of aromatic nitrogens is 4. The first-order valence-electron chi connectivity index (χ1n) is 13.9. The highest BCUT2D eigenvalue weighted by molar-refractivity contribution is 9.10. The Morgan fingerprint density at radius 2 is 2.02 bits per heavy atom. The first kappa shape index (κ1) is 30.2. The molecular formula is C29H37BrN8O3S. The molecule has 1 aromatic carbocycles. The standard InChI is InChI=1S/C29H37BrN8O3S/c1-7-42(40,41)37-12-11-19(15-37)33-24-22(30)14-32-29-25(24)34-28(35-29)21-13-16(2)38(18(21)4)23-10-8-9-20(17(23)3)26(27(31)39)36(5)6/h8-10,13-14,19,26H,7,11-12,15H2,1-6H3,(H2,31,39)(H2,32,33,34,35)/t19-,26?/m0/s1. The maximum absolute atomic E-state index is 12.4. The number of nitrogens with zero attached hydrogens (tertiary/aromatic N) is 5. The van der Waals surface area contributed by atoms with Crippen LogP contribution < -0.4 is 11.1 Å². The summed E-state index contributed by atoms with van der Waals surface area (Å²) in [4.78, 5) is 27.0. The van der Waals surface area contributed by atoms with Crippen molar-refractivity contribution in [2.24, 2.45) is 5.73 Å². The molecular weight excluding hydrogens is 620 g/mol. The van der Waals surface area contributed by atoms with Crippen molar-refractivity contribution in [3.05, 3.63) is 57.4 Å². The zero-order valence-electron chi connectivity index (χ0n) is 24.7. The van der Waals surface area contributed by atoms with Gasteiger partial charge in [-0.3, -0.25) is 9.69 Å². The lowest BCUT2D eigenvalue weighted by molar-refractivity contribution is -0.122. The monoisotopic (exact) mass is 656 g/mol. The third-order valence-electron chi connectivity index (χ3n) is 8.09. The zero-order chi connectivity index (χ0) is 30.5. The Morgan fingerprint density at radius 3 is 2.69 bits per heavy atom. The molecule has 2 atom stereocenters. The van der Waals surface area contributed by atoms with Crippen molar-refractivity contribution in [1.29, 1.82) is 0 Å². The van der Waals surface area contributed by atoms with Gasteiger partial charge in [0.2, 0.25) is 15.9 Å². The number of pyridine rings is 1. The number of anilines is 1. The van der Waals surface area contributed by atoms with Crippen molar-refractivity contribution in [3.63, 3.8) is 0 Å². The lowest BCUT2D eigenvalue weighted by Crippen LogP contribution is -2.33. The number of rotatable bonds is 9. The van der Waals surface area contributed by atoms with Gasteiger partial charge in [-0.25, -0.2) is 18.4 Å². The summed E-state index contributed by atoms with van der Waals surface area (Å²) < 4.78 is 29.2. The van der Waals surface area contributed by atoms with Crippen LogP contribution in [0.1, 0.15) is 41.9 Å². The molecule has 1 aliphatic heterocycles. The van der Waals surface area contributed by atoms with E-state index < -0.39 is 22.0 Å². The molecule has 0 aliphatic carbocycles. The average molecular weight is 658 g/mol. The normalized spacial score (nSPS) is 16.9. The highest BCUT2D eigenvalue weighted by Gasteiger charge is 2.31. The molecule has 5 rings (SSSR count). The fourth-order valence-electron chi connectivity index (χ4n) is 5.93. The SMILES string of the molecule is CCS(=O)(=O)N1CC[C@H](Nc2c(Br)cnc3nc(-c4cc(C)n(-c5cccc(C(C(N)=O)N(C)C)c5C)c4C)[nH]c23)C1.